The Morgan fingerprint density at radius 3 is 1.53 bits per heavy atom. The van der Waals surface area contributed by atoms with Gasteiger partial charge in [0.05, 0.1) is 3.74 Å². The molecule has 0 radical (unpaired) electrons. The molecule has 2 heteroatoms. The lowest BCUT2D eigenvalue weighted by atomic mass is 9.95. The number of halogens is 2. The first-order valence-corrected chi connectivity index (χ1v) is 8.19. The van der Waals surface area contributed by atoms with Crippen molar-refractivity contribution in [1.82, 2.24) is 0 Å². The van der Waals surface area contributed by atoms with Crippen molar-refractivity contribution in [3.8, 4) is 11.1 Å². The third-order valence-corrected chi connectivity index (χ3v) is 4.28. The summed E-state index contributed by atoms with van der Waals surface area (Å²) in [5.41, 5.74) is 9.18. The van der Waals surface area contributed by atoms with E-state index in [4.69, 9.17) is 0 Å². The Kier molecular flexibility index (Phi) is 4.52. The standard InChI is InChI=1S/C17H18Br2/c1-10-5-11(2)7-14(6-10)15-8-12(3)16(17(18)19)13(4)9-15/h5-9,17H,1-4H3. The molecule has 0 unspecified atom stereocenters. The van der Waals surface area contributed by atoms with Gasteiger partial charge in [-0.25, -0.2) is 0 Å². The predicted octanol–water partition coefficient (Wildman–Crippen LogP) is 6.38. The first kappa shape index (κ1) is 14.8. The molecule has 0 aliphatic rings. The summed E-state index contributed by atoms with van der Waals surface area (Å²) in [5.74, 6) is 0. The van der Waals surface area contributed by atoms with Crippen molar-refractivity contribution in [3.05, 3.63) is 58.1 Å². The topological polar surface area (TPSA) is 0 Å². The Labute approximate surface area is 132 Å². The van der Waals surface area contributed by atoms with E-state index >= 15 is 0 Å². The van der Waals surface area contributed by atoms with Gasteiger partial charge < -0.3 is 0 Å². The van der Waals surface area contributed by atoms with Gasteiger partial charge in [-0.1, -0.05) is 73.3 Å². The second kappa shape index (κ2) is 5.80. The zero-order valence-electron chi connectivity index (χ0n) is 11.7. The lowest BCUT2D eigenvalue weighted by Crippen LogP contribution is -1.94. The van der Waals surface area contributed by atoms with Crippen LogP contribution in [0.2, 0.25) is 0 Å². The van der Waals surface area contributed by atoms with Crippen LogP contribution >= 0.6 is 31.9 Å². The van der Waals surface area contributed by atoms with Crippen molar-refractivity contribution in [2.75, 3.05) is 0 Å². The van der Waals surface area contributed by atoms with E-state index in [-0.39, 0.29) is 3.74 Å². The van der Waals surface area contributed by atoms with Crippen LogP contribution in [0.15, 0.2) is 30.3 Å². The van der Waals surface area contributed by atoms with E-state index in [1.54, 1.807) is 0 Å². The van der Waals surface area contributed by atoms with E-state index in [0.717, 1.165) is 0 Å². The SMILES string of the molecule is Cc1cc(C)cc(-c2cc(C)c(C(Br)Br)c(C)c2)c1. The fraction of sp³-hybridized carbons (Fsp3) is 0.294. The van der Waals surface area contributed by atoms with Crippen LogP contribution in [0.1, 0.15) is 31.6 Å². The molecule has 0 nitrogen and oxygen atoms in total. The monoisotopic (exact) mass is 380 g/mol. The molecule has 0 aromatic heterocycles. The molecule has 0 amide bonds. The van der Waals surface area contributed by atoms with E-state index in [1.165, 1.54) is 38.9 Å². The number of hydrogen-bond acceptors (Lipinski definition) is 0. The number of alkyl halides is 2. The molecule has 0 heterocycles. The minimum Gasteiger partial charge on any atom is -0.0712 e. The van der Waals surface area contributed by atoms with Crippen molar-refractivity contribution in [2.45, 2.75) is 31.4 Å². The van der Waals surface area contributed by atoms with Gasteiger partial charge in [0.1, 0.15) is 0 Å². The van der Waals surface area contributed by atoms with Crippen molar-refractivity contribution < 1.29 is 0 Å². The Morgan fingerprint density at radius 2 is 1.11 bits per heavy atom. The van der Waals surface area contributed by atoms with Crippen LogP contribution < -0.4 is 0 Å². The van der Waals surface area contributed by atoms with E-state index in [2.05, 4.69) is 89.9 Å². The van der Waals surface area contributed by atoms with Gasteiger partial charge in [0.25, 0.3) is 0 Å². The Bertz CT molecular complexity index is 569. The number of benzene rings is 2. The summed E-state index contributed by atoms with van der Waals surface area (Å²) in [7, 11) is 0. The van der Waals surface area contributed by atoms with E-state index < -0.39 is 0 Å². The van der Waals surface area contributed by atoms with Gasteiger partial charge in [-0.05, 0) is 55.5 Å². The fourth-order valence-corrected chi connectivity index (χ4v) is 4.07. The van der Waals surface area contributed by atoms with Crippen molar-refractivity contribution in [3.63, 3.8) is 0 Å². The highest BCUT2D eigenvalue weighted by atomic mass is 79.9. The van der Waals surface area contributed by atoms with Gasteiger partial charge in [-0.15, -0.1) is 0 Å². The molecule has 0 atom stereocenters. The molecule has 19 heavy (non-hydrogen) atoms. The van der Waals surface area contributed by atoms with Gasteiger partial charge >= 0.3 is 0 Å². The van der Waals surface area contributed by atoms with Crippen LogP contribution in [-0.4, -0.2) is 0 Å². The lowest BCUT2D eigenvalue weighted by molar-refractivity contribution is 1.24. The third kappa shape index (κ3) is 3.29. The minimum atomic E-state index is 0.216. The summed E-state index contributed by atoms with van der Waals surface area (Å²) in [6, 6.07) is 11.3. The molecular formula is C17H18Br2. The predicted molar refractivity (Wildman–Crippen MR) is 91.4 cm³/mol. The Hall–Kier alpha value is -0.600. The van der Waals surface area contributed by atoms with E-state index in [0.29, 0.717) is 0 Å². The zero-order chi connectivity index (χ0) is 14.2. The largest absolute Gasteiger partial charge is 0.0951 e. The number of hydrogen-bond donors (Lipinski definition) is 0. The van der Waals surface area contributed by atoms with Gasteiger partial charge in [0, 0.05) is 0 Å². The highest BCUT2D eigenvalue weighted by molar-refractivity contribution is 9.24. The van der Waals surface area contributed by atoms with Gasteiger partial charge in [0.15, 0.2) is 0 Å². The van der Waals surface area contributed by atoms with Crippen molar-refractivity contribution in [2.24, 2.45) is 0 Å². The highest BCUT2D eigenvalue weighted by Crippen LogP contribution is 2.36. The molecule has 0 spiro atoms. The van der Waals surface area contributed by atoms with Crippen LogP contribution in [0, 0.1) is 27.7 Å². The number of aryl methyl sites for hydroxylation is 4. The number of rotatable bonds is 2. The molecule has 0 bridgehead atoms. The van der Waals surface area contributed by atoms with Crippen LogP contribution in [0.5, 0.6) is 0 Å². The van der Waals surface area contributed by atoms with Crippen LogP contribution in [0.3, 0.4) is 0 Å². The normalized spacial score (nSPS) is 11.1. The molecule has 2 rings (SSSR count). The van der Waals surface area contributed by atoms with Crippen LogP contribution in [0.4, 0.5) is 0 Å². The average molecular weight is 382 g/mol. The van der Waals surface area contributed by atoms with Crippen molar-refractivity contribution >= 4 is 31.9 Å². The van der Waals surface area contributed by atoms with Gasteiger partial charge in [-0.2, -0.15) is 0 Å². The van der Waals surface area contributed by atoms with Crippen LogP contribution in [0.25, 0.3) is 11.1 Å². The Morgan fingerprint density at radius 1 is 0.684 bits per heavy atom. The summed E-state index contributed by atoms with van der Waals surface area (Å²) in [6.45, 7) is 8.64. The molecule has 100 valence electrons. The molecule has 0 aliphatic heterocycles. The van der Waals surface area contributed by atoms with Gasteiger partial charge in [-0.3, -0.25) is 0 Å². The molecular weight excluding hydrogens is 364 g/mol. The maximum Gasteiger partial charge on any atom is 0.0951 e. The average Bonchev–Trinajstić information content (AvgIpc) is 2.25. The third-order valence-electron chi connectivity index (χ3n) is 3.37. The fourth-order valence-electron chi connectivity index (χ4n) is 2.63. The smallest absolute Gasteiger partial charge is 0.0712 e. The molecule has 2 aromatic carbocycles. The minimum absolute atomic E-state index is 0.216. The highest BCUT2D eigenvalue weighted by Gasteiger charge is 2.12. The summed E-state index contributed by atoms with van der Waals surface area (Å²) in [4.78, 5) is 0. The summed E-state index contributed by atoms with van der Waals surface area (Å²) in [6.07, 6.45) is 0. The first-order valence-electron chi connectivity index (χ1n) is 6.36. The lowest BCUT2D eigenvalue weighted by Gasteiger charge is -2.14. The van der Waals surface area contributed by atoms with Crippen molar-refractivity contribution in [1.29, 1.82) is 0 Å². The molecule has 0 N–H and O–H groups in total. The zero-order valence-corrected chi connectivity index (χ0v) is 14.9. The maximum absolute atomic E-state index is 3.60. The molecule has 0 saturated carbocycles. The van der Waals surface area contributed by atoms with E-state index in [1.807, 2.05) is 0 Å². The summed E-state index contributed by atoms with van der Waals surface area (Å²) in [5, 5.41) is 0. The summed E-state index contributed by atoms with van der Waals surface area (Å²) >= 11 is 7.21. The van der Waals surface area contributed by atoms with Gasteiger partial charge in [0.2, 0.25) is 0 Å². The quantitative estimate of drug-likeness (QED) is 0.529. The summed E-state index contributed by atoms with van der Waals surface area (Å²) < 4.78 is 0.216. The Balaban J connectivity index is 2.58. The maximum atomic E-state index is 3.60. The molecule has 0 aliphatic carbocycles. The molecule has 2 aromatic rings. The molecule has 0 saturated heterocycles. The first-order chi connectivity index (χ1) is 8.88. The second-order valence-electron chi connectivity index (χ2n) is 5.20. The second-order valence-corrected chi connectivity index (χ2v) is 8.26. The van der Waals surface area contributed by atoms with E-state index in [9.17, 15) is 0 Å². The molecule has 0 fully saturated rings. The van der Waals surface area contributed by atoms with Crippen LogP contribution in [-0.2, 0) is 0 Å².